The van der Waals surface area contributed by atoms with Crippen LogP contribution in [-0.4, -0.2) is 74.4 Å². The van der Waals surface area contributed by atoms with Crippen molar-refractivity contribution in [1.29, 1.82) is 0 Å². The Labute approximate surface area is 165 Å². The van der Waals surface area contributed by atoms with Crippen molar-refractivity contribution in [2.24, 2.45) is 0 Å². The summed E-state index contributed by atoms with van der Waals surface area (Å²) in [5.74, 6) is 0.687. The van der Waals surface area contributed by atoms with Crippen molar-refractivity contribution in [3.05, 3.63) is 42.6 Å². The fourth-order valence-corrected chi connectivity index (χ4v) is 3.91. The number of hydrogen-bond acceptors (Lipinski definition) is 6. The molecule has 0 spiro atoms. The van der Waals surface area contributed by atoms with Crippen LogP contribution in [-0.2, 0) is 10.0 Å². The summed E-state index contributed by atoms with van der Waals surface area (Å²) in [7, 11) is 0.301. The fourth-order valence-electron chi connectivity index (χ4n) is 3.39. The van der Waals surface area contributed by atoms with Gasteiger partial charge in [0.15, 0.2) is 0 Å². The Kier molecular flexibility index (Phi) is 4.72. The molecule has 28 heavy (non-hydrogen) atoms. The van der Waals surface area contributed by atoms with Crippen LogP contribution in [0.5, 0.6) is 0 Å². The van der Waals surface area contributed by atoms with Crippen LogP contribution in [0.15, 0.2) is 42.6 Å². The molecule has 148 valence electrons. The number of benzene rings is 1. The van der Waals surface area contributed by atoms with Crippen molar-refractivity contribution in [2.45, 2.75) is 0 Å². The Hall–Kier alpha value is -2.65. The van der Waals surface area contributed by atoms with Gasteiger partial charge in [0.1, 0.15) is 0 Å². The predicted molar refractivity (Wildman–Crippen MR) is 111 cm³/mol. The summed E-state index contributed by atoms with van der Waals surface area (Å²) in [5.41, 5.74) is 3.12. The molecule has 3 aromatic rings. The number of likely N-dealkylation sites (N-methyl/N-ethyl adjacent to an activating group) is 1. The Balaban J connectivity index is 1.79. The molecule has 2 aromatic heterocycles. The molecule has 0 aliphatic carbocycles. The van der Waals surface area contributed by atoms with Gasteiger partial charge in [-0.05, 0) is 25.2 Å². The summed E-state index contributed by atoms with van der Waals surface area (Å²) in [6.45, 7) is 3.71. The van der Waals surface area contributed by atoms with Crippen LogP contribution < -0.4 is 9.21 Å². The van der Waals surface area contributed by atoms with Crippen molar-refractivity contribution in [3.8, 4) is 11.3 Å². The van der Waals surface area contributed by atoms with E-state index < -0.39 is 10.0 Å². The van der Waals surface area contributed by atoms with Crippen LogP contribution in [0, 0.1) is 0 Å². The number of para-hydroxylation sites is 1. The minimum Gasteiger partial charge on any atom is -0.337 e. The van der Waals surface area contributed by atoms with Crippen LogP contribution in [0.25, 0.3) is 16.8 Å². The van der Waals surface area contributed by atoms with Gasteiger partial charge in [-0.25, -0.2) is 17.9 Å². The van der Waals surface area contributed by atoms with Crippen LogP contribution in [0.1, 0.15) is 0 Å². The number of aromatic nitrogens is 3. The van der Waals surface area contributed by atoms with E-state index >= 15 is 0 Å². The zero-order valence-electron chi connectivity index (χ0n) is 16.3. The Bertz CT molecular complexity index is 1100. The highest BCUT2D eigenvalue weighted by Gasteiger charge is 2.20. The molecule has 3 heterocycles. The van der Waals surface area contributed by atoms with E-state index in [0.29, 0.717) is 11.6 Å². The number of hydrogen-bond donors (Lipinski definition) is 0. The average molecular weight is 401 g/mol. The highest BCUT2D eigenvalue weighted by Crippen LogP contribution is 2.32. The van der Waals surface area contributed by atoms with Gasteiger partial charge in [0.05, 0.1) is 29.4 Å². The van der Waals surface area contributed by atoms with E-state index in [2.05, 4.69) is 21.8 Å². The molecule has 1 aliphatic rings. The van der Waals surface area contributed by atoms with E-state index in [0.717, 1.165) is 43.0 Å². The standard InChI is InChI=1S/C19H24N6O2S/c1-22-10-12-24(13-11-22)19-20-14-15-8-9-18(25(15)21-19)16-6-4-5-7-17(16)23(2)28(3,26)27/h4-9,14H,10-13H2,1-3H3. The summed E-state index contributed by atoms with van der Waals surface area (Å²) in [5, 5.41) is 4.77. The smallest absolute Gasteiger partial charge is 0.243 e. The first-order valence-electron chi connectivity index (χ1n) is 9.16. The number of sulfonamides is 1. The van der Waals surface area contributed by atoms with Crippen molar-refractivity contribution in [3.63, 3.8) is 0 Å². The lowest BCUT2D eigenvalue weighted by Gasteiger charge is -2.32. The van der Waals surface area contributed by atoms with Gasteiger partial charge in [-0.15, -0.1) is 5.10 Å². The van der Waals surface area contributed by atoms with E-state index in [1.54, 1.807) is 13.1 Å². The topological polar surface area (TPSA) is 74.0 Å². The molecule has 0 unspecified atom stereocenters. The summed E-state index contributed by atoms with van der Waals surface area (Å²) in [6.07, 6.45) is 3.01. The van der Waals surface area contributed by atoms with Gasteiger partial charge in [0, 0.05) is 38.8 Å². The quantitative estimate of drug-likeness (QED) is 0.662. The van der Waals surface area contributed by atoms with E-state index in [4.69, 9.17) is 5.10 Å². The average Bonchev–Trinajstić information content (AvgIpc) is 3.10. The molecule has 0 amide bonds. The Morgan fingerprint density at radius 3 is 2.46 bits per heavy atom. The molecule has 0 atom stereocenters. The van der Waals surface area contributed by atoms with Crippen LogP contribution in [0.4, 0.5) is 11.6 Å². The second kappa shape index (κ2) is 7.06. The normalized spacial score (nSPS) is 15.9. The first kappa shape index (κ1) is 18.7. The summed E-state index contributed by atoms with van der Waals surface area (Å²) in [6, 6.07) is 11.3. The molecule has 9 heteroatoms. The highest BCUT2D eigenvalue weighted by atomic mass is 32.2. The molecule has 0 bridgehead atoms. The van der Waals surface area contributed by atoms with E-state index in [9.17, 15) is 8.42 Å². The Morgan fingerprint density at radius 2 is 1.75 bits per heavy atom. The third-order valence-corrected chi connectivity index (χ3v) is 6.38. The van der Waals surface area contributed by atoms with Crippen LogP contribution >= 0.6 is 0 Å². The molecule has 8 nitrogen and oxygen atoms in total. The van der Waals surface area contributed by atoms with E-state index in [1.807, 2.05) is 41.0 Å². The first-order valence-corrected chi connectivity index (χ1v) is 11.0. The van der Waals surface area contributed by atoms with E-state index in [1.165, 1.54) is 10.6 Å². The lowest BCUT2D eigenvalue weighted by molar-refractivity contribution is 0.310. The molecule has 1 fully saturated rings. The maximum absolute atomic E-state index is 12.1. The molecule has 1 aliphatic heterocycles. The summed E-state index contributed by atoms with van der Waals surface area (Å²) in [4.78, 5) is 8.99. The maximum atomic E-state index is 12.1. The molecule has 0 radical (unpaired) electrons. The fraction of sp³-hybridized carbons (Fsp3) is 0.368. The zero-order valence-corrected chi connectivity index (χ0v) is 17.1. The SMILES string of the molecule is CN1CCN(c2ncc3ccc(-c4ccccc4N(C)S(C)(=O)=O)n3n2)CC1. The summed E-state index contributed by atoms with van der Waals surface area (Å²) < 4.78 is 27.3. The minimum absolute atomic E-state index is 0.616. The summed E-state index contributed by atoms with van der Waals surface area (Å²) >= 11 is 0. The van der Waals surface area contributed by atoms with Crippen molar-refractivity contribution >= 4 is 27.2 Å². The van der Waals surface area contributed by atoms with Gasteiger partial charge < -0.3 is 9.80 Å². The molecule has 1 aromatic carbocycles. The molecule has 4 rings (SSSR count). The lowest BCUT2D eigenvalue weighted by Crippen LogP contribution is -2.45. The maximum Gasteiger partial charge on any atom is 0.243 e. The zero-order chi connectivity index (χ0) is 19.9. The number of fused-ring (bicyclic) bond motifs is 1. The molecular formula is C19H24N6O2S. The second-order valence-corrected chi connectivity index (χ2v) is 9.17. The largest absolute Gasteiger partial charge is 0.337 e. The van der Waals surface area contributed by atoms with Gasteiger partial charge in [-0.1, -0.05) is 18.2 Å². The van der Waals surface area contributed by atoms with Crippen LogP contribution in [0.3, 0.4) is 0 Å². The first-order chi connectivity index (χ1) is 13.3. The molecule has 1 saturated heterocycles. The minimum atomic E-state index is -3.37. The Morgan fingerprint density at radius 1 is 1.04 bits per heavy atom. The van der Waals surface area contributed by atoms with Gasteiger partial charge >= 0.3 is 0 Å². The van der Waals surface area contributed by atoms with Gasteiger partial charge in [-0.2, -0.15) is 0 Å². The third kappa shape index (κ3) is 3.43. The van der Waals surface area contributed by atoms with Gasteiger partial charge in [0.25, 0.3) is 0 Å². The van der Waals surface area contributed by atoms with Crippen molar-refractivity contribution in [1.82, 2.24) is 19.5 Å². The van der Waals surface area contributed by atoms with Crippen LogP contribution in [0.2, 0.25) is 0 Å². The highest BCUT2D eigenvalue weighted by molar-refractivity contribution is 7.92. The monoisotopic (exact) mass is 400 g/mol. The molecule has 0 N–H and O–H groups in total. The molecular weight excluding hydrogens is 376 g/mol. The number of nitrogens with zero attached hydrogens (tertiary/aromatic N) is 6. The molecule has 0 saturated carbocycles. The van der Waals surface area contributed by atoms with Crippen molar-refractivity contribution < 1.29 is 8.42 Å². The van der Waals surface area contributed by atoms with Crippen molar-refractivity contribution in [2.75, 3.05) is 55.7 Å². The third-order valence-electron chi connectivity index (χ3n) is 5.19. The number of piperazine rings is 1. The predicted octanol–water partition coefficient (Wildman–Crippen LogP) is 1.54. The van der Waals surface area contributed by atoms with Gasteiger partial charge in [0.2, 0.25) is 16.0 Å². The van der Waals surface area contributed by atoms with Gasteiger partial charge in [-0.3, -0.25) is 4.31 Å². The lowest BCUT2D eigenvalue weighted by atomic mass is 10.1. The number of anilines is 2. The number of rotatable bonds is 4. The van der Waals surface area contributed by atoms with E-state index in [-0.39, 0.29) is 0 Å². The second-order valence-electron chi connectivity index (χ2n) is 7.15.